The summed E-state index contributed by atoms with van der Waals surface area (Å²) in [6.07, 6.45) is 15.7. The van der Waals surface area contributed by atoms with Gasteiger partial charge in [0.05, 0.1) is 24.0 Å². The molecule has 0 rings (SSSR count). The SMILES string of the molecule is CCC(C)(C)C(=O)OCC(C)CC(C)CC(C)C.CCCCCCCCCCCOC(=O)C(C)(C)CC. The van der Waals surface area contributed by atoms with Gasteiger partial charge in [-0.3, -0.25) is 9.59 Å². The van der Waals surface area contributed by atoms with Crippen molar-refractivity contribution in [3.63, 3.8) is 0 Å². The van der Waals surface area contributed by atoms with E-state index in [0.717, 1.165) is 31.6 Å². The molecule has 2 atom stereocenters. The highest BCUT2D eigenvalue weighted by Crippen LogP contribution is 2.24. The smallest absolute Gasteiger partial charge is 0.311 e. The van der Waals surface area contributed by atoms with Crippen LogP contribution >= 0.6 is 0 Å². The molecule has 0 aromatic rings. The minimum Gasteiger partial charge on any atom is -0.465 e. The fourth-order valence-electron chi connectivity index (χ4n) is 4.13. The molecule has 0 aromatic heterocycles. The molecule has 0 fully saturated rings. The Morgan fingerprint density at radius 3 is 1.46 bits per heavy atom. The quantitative estimate of drug-likeness (QED) is 0.117. The van der Waals surface area contributed by atoms with Gasteiger partial charge in [0, 0.05) is 0 Å². The second-order valence-corrected chi connectivity index (χ2v) is 13.1. The Labute approximate surface area is 232 Å². The minimum absolute atomic E-state index is 0.0467. The fraction of sp³-hybridized carbons (Fsp3) is 0.939. The summed E-state index contributed by atoms with van der Waals surface area (Å²) in [6, 6.07) is 0. The molecule has 0 amide bonds. The average Bonchev–Trinajstić information content (AvgIpc) is 2.83. The van der Waals surface area contributed by atoms with Gasteiger partial charge in [-0.15, -0.1) is 0 Å². The molecule has 0 aromatic carbocycles. The zero-order valence-electron chi connectivity index (χ0n) is 27.0. The van der Waals surface area contributed by atoms with Crippen LogP contribution in [0.5, 0.6) is 0 Å². The van der Waals surface area contributed by atoms with Gasteiger partial charge in [-0.25, -0.2) is 0 Å². The summed E-state index contributed by atoms with van der Waals surface area (Å²) in [5.41, 5.74) is -0.664. The van der Waals surface area contributed by atoms with Crippen LogP contribution in [-0.2, 0) is 19.1 Å². The number of rotatable bonds is 20. The van der Waals surface area contributed by atoms with Crippen molar-refractivity contribution < 1.29 is 19.1 Å². The van der Waals surface area contributed by atoms with Crippen molar-refractivity contribution in [3.05, 3.63) is 0 Å². The minimum atomic E-state index is -0.344. The van der Waals surface area contributed by atoms with Gasteiger partial charge in [-0.2, -0.15) is 0 Å². The second kappa shape index (κ2) is 21.8. The molecule has 0 aliphatic carbocycles. The van der Waals surface area contributed by atoms with E-state index in [2.05, 4.69) is 34.6 Å². The third kappa shape index (κ3) is 21.6. The van der Waals surface area contributed by atoms with Gasteiger partial charge in [-0.1, -0.05) is 99.8 Å². The lowest BCUT2D eigenvalue weighted by Gasteiger charge is -2.23. The summed E-state index contributed by atoms with van der Waals surface area (Å²) in [5.74, 6) is 1.80. The van der Waals surface area contributed by atoms with E-state index in [4.69, 9.17) is 9.47 Å². The third-order valence-electron chi connectivity index (χ3n) is 7.53. The first-order valence-corrected chi connectivity index (χ1v) is 15.6. The molecule has 4 heteroatoms. The zero-order chi connectivity index (χ0) is 28.9. The largest absolute Gasteiger partial charge is 0.465 e. The van der Waals surface area contributed by atoms with Crippen LogP contribution in [0.2, 0.25) is 0 Å². The molecule has 0 saturated heterocycles. The third-order valence-corrected chi connectivity index (χ3v) is 7.53. The van der Waals surface area contributed by atoms with E-state index >= 15 is 0 Å². The van der Waals surface area contributed by atoms with Crippen molar-refractivity contribution >= 4 is 11.9 Å². The Kier molecular flexibility index (Phi) is 22.5. The van der Waals surface area contributed by atoms with Gasteiger partial charge in [0.2, 0.25) is 0 Å². The first-order chi connectivity index (χ1) is 17.2. The molecule has 0 heterocycles. The van der Waals surface area contributed by atoms with E-state index in [1.165, 1.54) is 57.8 Å². The van der Waals surface area contributed by atoms with Crippen LogP contribution in [0.1, 0.15) is 160 Å². The van der Waals surface area contributed by atoms with E-state index in [9.17, 15) is 9.59 Å². The summed E-state index contributed by atoms with van der Waals surface area (Å²) in [5, 5.41) is 0. The molecule has 0 saturated carbocycles. The van der Waals surface area contributed by atoms with Gasteiger partial charge in [-0.05, 0) is 77.6 Å². The van der Waals surface area contributed by atoms with Crippen LogP contribution in [0.4, 0.5) is 0 Å². The van der Waals surface area contributed by atoms with Gasteiger partial charge >= 0.3 is 11.9 Å². The summed E-state index contributed by atoms with van der Waals surface area (Å²) >= 11 is 0. The molecule has 0 radical (unpaired) electrons. The topological polar surface area (TPSA) is 52.6 Å². The number of esters is 2. The lowest BCUT2D eigenvalue weighted by molar-refractivity contribution is -0.155. The van der Waals surface area contributed by atoms with E-state index in [-0.39, 0.29) is 22.8 Å². The summed E-state index contributed by atoms with van der Waals surface area (Å²) < 4.78 is 10.7. The lowest BCUT2D eigenvalue weighted by Crippen LogP contribution is -2.27. The lowest BCUT2D eigenvalue weighted by atomic mass is 9.89. The van der Waals surface area contributed by atoms with Crippen LogP contribution in [0.3, 0.4) is 0 Å². The highest BCUT2D eigenvalue weighted by atomic mass is 16.5. The number of hydrogen-bond acceptors (Lipinski definition) is 4. The Hall–Kier alpha value is -1.06. The van der Waals surface area contributed by atoms with Gasteiger partial charge < -0.3 is 9.47 Å². The molecule has 37 heavy (non-hydrogen) atoms. The van der Waals surface area contributed by atoms with Crippen LogP contribution < -0.4 is 0 Å². The van der Waals surface area contributed by atoms with Crippen LogP contribution in [0.25, 0.3) is 0 Å². The normalized spacial score (nSPS) is 13.5. The first-order valence-electron chi connectivity index (χ1n) is 15.6. The van der Waals surface area contributed by atoms with E-state index in [1.54, 1.807) is 0 Å². The predicted octanol–water partition coefficient (Wildman–Crippen LogP) is 10.2. The van der Waals surface area contributed by atoms with Crippen molar-refractivity contribution in [2.75, 3.05) is 13.2 Å². The molecule has 4 nitrogen and oxygen atoms in total. The molecule has 0 aliphatic heterocycles. The maximum absolute atomic E-state index is 11.8. The molecular formula is C33H66O4. The zero-order valence-corrected chi connectivity index (χ0v) is 27.0. The number of hydrogen-bond donors (Lipinski definition) is 0. The van der Waals surface area contributed by atoms with Crippen LogP contribution in [-0.4, -0.2) is 25.2 Å². The molecule has 222 valence electrons. The highest BCUT2D eigenvalue weighted by molar-refractivity contribution is 5.76. The monoisotopic (exact) mass is 526 g/mol. The molecule has 2 unspecified atom stereocenters. The summed E-state index contributed by atoms with van der Waals surface area (Å²) in [6.45, 7) is 24.2. The Morgan fingerprint density at radius 1 is 0.595 bits per heavy atom. The van der Waals surface area contributed by atoms with E-state index < -0.39 is 0 Å². The second-order valence-electron chi connectivity index (χ2n) is 13.1. The first kappa shape index (κ1) is 38.1. The Morgan fingerprint density at radius 2 is 1.03 bits per heavy atom. The number of carbonyl (C=O) groups excluding carboxylic acids is 2. The summed E-state index contributed by atoms with van der Waals surface area (Å²) in [4.78, 5) is 23.6. The molecule has 0 spiro atoms. The fourth-order valence-corrected chi connectivity index (χ4v) is 4.13. The van der Waals surface area contributed by atoms with Crippen molar-refractivity contribution in [3.8, 4) is 0 Å². The maximum Gasteiger partial charge on any atom is 0.311 e. The number of ether oxygens (including phenoxy) is 2. The van der Waals surface area contributed by atoms with Gasteiger partial charge in [0.15, 0.2) is 0 Å². The highest BCUT2D eigenvalue weighted by Gasteiger charge is 2.28. The molecule has 0 N–H and O–H groups in total. The Bertz CT molecular complexity index is 565. The van der Waals surface area contributed by atoms with Crippen LogP contribution in [0.15, 0.2) is 0 Å². The molecule has 0 aliphatic rings. The average molecular weight is 527 g/mol. The standard InChI is InChI=1S/C17H34O2.C16H32O2/c1-5-7-8-9-10-11-12-13-14-15-19-16(18)17(3,4)6-2;1-8-16(6,7)15(17)18-11-14(5)10-13(4)9-12(2)3/h5-15H2,1-4H3;12-14H,8-11H2,1-7H3. The maximum atomic E-state index is 11.8. The van der Waals surface area contributed by atoms with Crippen molar-refractivity contribution in [1.82, 2.24) is 0 Å². The number of unbranched alkanes of at least 4 members (excludes halogenated alkanes) is 8. The van der Waals surface area contributed by atoms with Gasteiger partial charge in [0.25, 0.3) is 0 Å². The predicted molar refractivity (Wildman–Crippen MR) is 160 cm³/mol. The van der Waals surface area contributed by atoms with E-state index in [1.807, 2.05) is 41.5 Å². The van der Waals surface area contributed by atoms with Crippen molar-refractivity contribution in [1.29, 1.82) is 0 Å². The Balaban J connectivity index is 0. The van der Waals surface area contributed by atoms with Gasteiger partial charge in [0.1, 0.15) is 0 Å². The molecule has 0 bridgehead atoms. The van der Waals surface area contributed by atoms with Crippen LogP contribution in [0, 0.1) is 28.6 Å². The van der Waals surface area contributed by atoms with Crippen molar-refractivity contribution in [2.45, 2.75) is 160 Å². The molecular weight excluding hydrogens is 460 g/mol. The van der Waals surface area contributed by atoms with E-state index in [0.29, 0.717) is 25.0 Å². The summed E-state index contributed by atoms with van der Waals surface area (Å²) in [7, 11) is 0. The number of carbonyl (C=O) groups is 2. The van der Waals surface area contributed by atoms with Crippen molar-refractivity contribution in [2.24, 2.45) is 28.6 Å².